The van der Waals surface area contributed by atoms with Crippen LogP contribution in [0, 0.1) is 22.7 Å². The van der Waals surface area contributed by atoms with Crippen LogP contribution in [0.15, 0.2) is 0 Å². The van der Waals surface area contributed by atoms with Crippen molar-refractivity contribution in [3.63, 3.8) is 0 Å². The third-order valence-corrected chi connectivity index (χ3v) is 8.03. The summed E-state index contributed by atoms with van der Waals surface area (Å²) in [6, 6.07) is 4.24. The van der Waals surface area contributed by atoms with Gasteiger partial charge < -0.3 is 0 Å². The summed E-state index contributed by atoms with van der Waals surface area (Å²) in [7, 11) is 0. The van der Waals surface area contributed by atoms with Crippen LogP contribution >= 0.6 is 0 Å². The van der Waals surface area contributed by atoms with Crippen LogP contribution in [0.2, 0.25) is 10.6 Å². The van der Waals surface area contributed by atoms with Gasteiger partial charge in [0.2, 0.25) is 0 Å². The first kappa shape index (κ1) is 10.0. The van der Waals surface area contributed by atoms with E-state index in [0.717, 1.165) is 10.6 Å². The first-order chi connectivity index (χ1) is 4.91. The van der Waals surface area contributed by atoms with Crippen molar-refractivity contribution in [2.24, 2.45) is 0 Å². The van der Waals surface area contributed by atoms with Gasteiger partial charge in [-0.2, -0.15) is 0 Å². The molecule has 0 saturated carbocycles. The molecule has 0 radical (unpaired) electrons. The molecule has 0 heterocycles. The Hall–Kier alpha value is 0.0190. The summed E-state index contributed by atoms with van der Waals surface area (Å²) in [5.74, 6) is 0. The summed E-state index contributed by atoms with van der Waals surface area (Å²) in [4.78, 5) is 0. The minimum absolute atomic E-state index is 0.666. The zero-order chi connectivity index (χ0) is 7.66. The van der Waals surface area contributed by atoms with Gasteiger partial charge in [-0.25, -0.2) is 0 Å². The number of nitriles is 2. The molecule has 54 valence electrons. The fourth-order valence-corrected chi connectivity index (χ4v) is 5.91. The van der Waals surface area contributed by atoms with Gasteiger partial charge >= 0.3 is 72.4 Å². The number of hydrogen-bond donors (Lipinski definition) is 0. The van der Waals surface area contributed by atoms with E-state index in [4.69, 9.17) is 10.5 Å². The van der Waals surface area contributed by atoms with E-state index in [2.05, 4.69) is 12.1 Å². The van der Waals surface area contributed by atoms with Gasteiger partial charge in [-0.05, 0) is 0 Å². The fourth-order valence-electron chi connectivity index (χ4n) is 0.292. The molecule has 4 heteroatoms. The molecule has 0 aromatic carbocycles. The van der Waals surface area contributed by atoms with Crippen LogP contribution in [0.4, 0.5) is 0 Å². The fraction of sp³-hybridized carbons (Fsp3) is 0.667. The van der Waals surface area contributed by atoms with E-state index in [0.29, 0.717) is 39.1 Å². The molecule has 0 fully saturated rings. The van der Waals surface area contributed by atoms with Crippen molar-refractivity contribution in [2.45, 2.75) is 23.5 Å². The van der Waals surface area contributed by atoms with E-state index in [9.17, 15) is 0 Å². The third-order valence-electron chi connectivity index (χ3n) is 0.678. The number of nitrogens with zero attached hydrogens (tertiary/aromatic N) is 2. The van der Waals surface area contributed by atoms with Gasteiger partial charge in [-0.3, -0.25) is 0 Å². The predicted molar refractivity (Wildman–Crippen MR) is 41.6 cm³/mol. The molecule has 0 atom stereocenters. The average molecular weight is 266 g/mol. The maximum absolute atomic E-state index is 8.18. The van der Waals surface area contributed by atoms with Crippen molar-refractivity contribution < 1.29 is 0 Å². The normalized spacial score (nSPS) is 8.20. The summed E-state index contributed by atoms with van der Waals surface area (Å²) in [6.45, 7) is 0. The summed E-state index contributed by atoms with van der Waals surface area (Å²) in [5, 5.41) is 18.5. The van der Waals surface area contributed by atoms with Crippen molar-refractivity contribution in [3.8, 4) is 12.1 Å². The Morgan fingerprint density at radius 2 is 1.30 bits per heavy atom. The standard InChI is InChI=1S/C6H8N2Se2/c7-3-1-5-9-10-6-2-4-8/h1-2,5-6H2. The minimum atomic E-state index is 0.666. The van der Waals surface area contributed by atoms with Crippen LogP contribution < -0.4 is 0 Å². The van der Waals surface area contributed by atoms with Gasteiger partial charge in [0.1, 0.15) is 0 Å². The van der Waals surface area contributed by atoms with Crippen LogP contribution in [-0.2, 0) is 0 Å². The molecule has 0 saturated heterocycles. The van der Waals surface area contributed by atoms with Crippen molar-refractivity contribution in [1.82, 2.24) is 0 Å². The van der Waals surface area contributed by atoms with Gasteiger partial charge in [0.15, 0.2) is 0 Å². The van der Waals surface area contributed by atoms with E-state index in [1.165, 1.54) is 0 Å². The predicted octanol–water partition coefficient (Wildman–Crippen LogP) is 0.974. The molecule has 0 N–H and O–H groups in total. The second-order valence-electron chi connectivity index (χ2n) is 1.46. The molecular weight excluding hydrogens is 258 g/mol. The SMILES string of the molecule is N#CCC[Se][Se]CCC#N. The Morgan fingerprint density at radius 1 is 0.900 bits per heavy atom. The molecule has 0 bridgehead atoms. The van der Waals surface area contributed by atoms with Crippen LogP contribution in [0.3, 0.4) is 0 Å². The number of rotatable bonds is 5. The Kier molecular flexibility index (Phi) is 9.04. The first-order valence-electron chi connectivity index (χ1n) is 2.90. The van der Waals surface area contributed by atoms with Crippen LogP contribution in [0.5, 0.6) is 0 Å². The molecule has 0 aromatic rings. The Bertz CT molecular complexity index is 127. The molecule has 0 spiro atoms. The van der Waals surface area contributed by atoms with E-state index in [1.54, 1.807) is 0 Å². The summed E-state index contributed by atoms with van der Waals surface area (Å²) in [5.41, 5.74) is 0. The molecule has 0 aromatic heterocycles. The first-order valence-corrected chi connectivity index (χ1v) is 9.65. The van der Waals surface area contributed by atoms with E-state index >= 15 is 0 Å². The van der Waals surface area contributed by atoms with Crippen molar-refractivity contribution in [3.05, 3.63) is 0 Å². The summed E-state index contributed by atoms with van der Waals surface area (Å²) < 4.78 is 0. The average Bonchev–Trinajstić information content (AvgIpc) is 1.97. The molecule has 0 aliphatic heterocycles. The molecule has 10 heavy (non-hydrogen) atoms. The Morgan fingerprint density at radius 3 is 1.60 bits per heavy atom. The topological polar surface area (TPSA) is 47.6 Å². The van der Waals surface area contributed by atoms with Gasteiger partial charge in [0, 0.05) is 0 Å². The summed E-state index contributed by atoms with van der Waals surface area (Å²) in [6.07, 6.45) is 1.41. The van der Waals surface area contributed by atoms with Gasteiger partial charge in [0.25, 0.3) is 0 Å². The summed E-state index contributed by atoms with van der Waals surface area (Å²) >= 11 is 1.33. The second-order valence-corrected chi connectivity index (χ2v) is 9.30. The molecule has 0 amide bonds. The third kappa shape index (κ3) is 8.02. The van der Waals surface area contributed by atoms with E-state index in [1.807, 2.05) is 0 Å². The van der Waals surface area contributed by atoms with Crippen LogP contribution in [-0.4, -0.2) is 26.3 Å². The Balaban J connectivity index is 2.80. The van der Waals surface area contributed by atoms with Crippen LogP contribution in [0.1, 0.15) is 12.8 Å². The Labute approximate surface area is 72.5 Å². The second kappa shape index (κ2) is 9.02. The zero-order valence-corrected chi connectivity index (χ0v) is 8.97. The maximum atomic E-state index is 8.18. The van der Waals surface area contributed by atoms with Crippen LogP contribution in [0.25, 0.3) is 0 Å². The molecule has 2 nitrogen and oxygen atoms in total. The molecule has 0 unspecified atom stereocenters. The van der Waals surface area contributed by atoms with Gasteiger partial charge in [-0.1, -0.05) is 0 Å². The van der Waals surface area contributed by atoms with E-state index in [-0.39, 0.29) is 0 Å². The molecule has 0 aliphatic rings. The number of hydrogen-bond acceptors (Lipinski definition) is 2. The van der Waals surface area contributed by atoms with Crippen molar-refractivity contribution in [2.75, 3.05) is 0 Å². The molecular formula is C6H8N2Se2. The quantitative estimate of drug-likeness (QED) is 0.550. The van der Waals surface area contributed by atoms with Gasteiger partial charge in [0.05, 0.1) is 0 Å². The molecule has 0 rings (SSSR count). The zero-order valence-electron chi connectivity index (χ0n) is 5.54. The van der Waals surface area contributed by atoms with Crippen molar-refractivity contribution >= 4 is 26.3 Å². The monoisotopic (exact) mass is 268 g/mol. The van der Waals surface area contributed by atoms with Gasteiger partial charge in [-0.15, -0.1) is 0 Å². The van der Waals surface area contributed by atoms with E-state index < -0.39 is 0 Å². The van der Waals surface area contributed by atoms with Crippen molar-refractivity contribution in [1.29, 1.82) is 10.5 Å². The molecule has 0 aliphatic carbocycles.